The minimum atomic E-state index is -0.306. The van der Waals surface area contributed by atoms with E-state index in [0.29, 0.717) is 12.5 Å². The normalized spacial score (nSPS) is 20.2. The zero-order valence-corrected chi connectivity index (χ0v) is 10.0. The summed E-state index contributed by atoms with van der Waals surface area (Å²) in [6, 6.07) is 7.63. The number of halogens is 1. The van der Waals surface area contributed by atoms with Crippen LogP contribution in [0.2, 0.25) is 5.02 Å². The van der Waals surface area contributed by atoms with Crippen molar-refractivity contribution in [3.8, 4) is 0 Å². The average Bonchev–Trinajstić information content (AvgIpc) is 2.19. The molecule has 0 amide bonds. The Kier molecular flexibility index (Phi) is 3.85. The summed E-state index contributed by atoms with van der Waals surface area (Å²) in [7, 11) is 0. The largest absolute Gasteiger partial charge is 0.392 e. The number of hydrogen-bond acceptors (Lipinski definition) is 2. The Bertz CT molecular complexity index is 334. The van der Waals surface area contributed by atoms with Crippen molar-refractivity contribution in [1.29, 1.82) is 0 Å². The summed E-state index contributed by atoms with van der Waals surface area (Å²) in [4.78, 5) is 0. The van der Waals surface area contributed by atoms with Crippen LogP contribution in [0.4, 0.5) is 0 Å². The molecule has 1 aliphatic carbocycles. The van der Waals surface area contributed by atoms with Crippen LogP contribution in [0.3, 0.4) is 0 Å². The van der Waals surface area contributed by atoms with Crippen LogP contribution >= 0.6 is 11.6 Å². The highest BCUT2D eigenvalue weighted by Gasteiger charge is 2.31. The first-order valence-corrected chi connectivity index (χ1v) is 6.23. The molecule has 0 heterocycles. The molecule has 88 valence electrons. The Labute approximate surface area is 101 Å². The van der Waals surface area contributed by atoms with E-state index in [0.717, 1.165) is 23.4 Å². The first kappa shape index (κ1) is 11.9. The van der Waals surface area contributed by atoms with Gasteiger partial charge in [-0.15, -0.1) is 0 Å². The first-order chi connectivity index (χ1) is 7.72. The molecule has 0 aromatic heterocycles. The van der Waals surface area contributed by atoms with E-state index in [1.54, 1.807) is 0 Å². The first-order valence-electron chi connectivity index (χ1n) is 5.86. The second-order valence-corrected chi connectivity index (χ2v) is 5.01. The lowest BCUT2D eigenvalue weighted by Gasteiger charge is -2.35. The molecule has 1 saturated carbocycles. The van der Waals surface area contributed by atoms with Gasteiger partial charge in [0.25, 0.3) is 0 Å². The fraction of sp³-hybridized carbons (Fsp3) is 0.538. The predicted octanol–water partition coefficient (Wildman–Crippen LogP) is 2.54. The van der Waals surface area contributed by atoms with Gasteiger partial charge in [0.05, 0.1) is 6.10 Å². The molecule has 2 rings (SSSR count). The minimum Gasteiger partial charge on any atom is -0.392 e. The van der Waals surface area contributed by atoms with Gasteiger partial charge in [0, 0.05) is 17.5 Å². The summed E-state index contributed by atoms with van der Waals surface area (Å²) in [5.74, 6) is 0.479. The summed E-state index contributed by atoms with van der Waals surface area (Å²) in [5.41, 5.74) is 6.86. The lowest BCUT2D eigenvalue weighted by molar-refractivity contribution is 0.0420. The van der Waals surface area contributed by atoms with Crippen molar-refractivity contribution in [3.63, 3.8) is 0 Å². The molecular weight excluding hydrogens is 222 g/mol. The summed E-state index contributed by atoms with van der Waals surface area (Å²) in [5, 5.41) is 11.0. The number of hydrogen-bond donors (Lipinski definition) is 2. The van der Waals surface area contributed by atoms with Crippen LogP contribution in [0.5, 0.6) is 0 Å². The topological polar surface area (TPSA) is 46.2 Å². The molecule has 3 heteroatoms. The lowest BCUT2D eigenvalue weighted by Crippen LogP contribution is -2.35. The van der Waals surface area contributed by atoms with Gasteiger partial charge in [-0.3, -0.25) is 0 Å². The predicted molar refractivity (Wildman–Crippen MR) is 66.6 cm³/mol. The number of benzene rings is 1. The maximum absolute atomic E-state index is 10.2. The average molecular weight is 240 g/mol. The third-order valence-electron chi connectivity index (χ3n) is 3.60. The highest BCUT2D eigenvalue weighted by Crippen LogP contribution is 2.36. The van der Waals surface area contributed by atoms with Crippen molar-refractivity contribution >= 4 is 11.6 Å². The van der Waals surface area contributed by atoms with Crippen molar-refractivity contribution in [2.24, 2.45) is 11.7 Å². The highest BCUT2D eigenvalue weighted by atomic mass is 35.5. The molecule has 0 bridgehead atoms. The summed E-state index contributed by atoms with van der Waals surface area (Å²) < 4.78 is 0. The van der Waals surface area contributed by atoms with E-state index in [-0.39, 0.29) is 12.0 Å². The summed E-state index contributed by atoms with van der Waals surface area (Å²) >= 11 is 5.85. The van der Waals surface area contributed by atoms with Gasteiger partial charge in [-0.25, -0.2) is 0 Å². The third kappa shape index (κ3) is 2.40. The van der Waals surface area contributed by atoms with Gasteiger partial charge in [-0.05, 0) is 36.5 Å². The van der Waals surface area contributed by atoms with Gasteiger partial charge < -0.3 is 10.8 Å². The van der Waals surface area contributed by atoms with E-state index in [9.17, 15) is 5.11 Å². The zero-order valence-electron chi connectivity index (χ0n) is 9.27. The Morgan fingerprint density at radius 3 is 2.38 bits per heavy atom. The Balaban J connectivity index is 2.11. The van der Waals surface area contributed by atoms with Crippen LogP contribution in [0.15, 0.2) is 24.3 Å². The molecule has 0 radical (unpaired) electrons. The number of aliphatic hydroxyl groups is 1. The van der Waals surface area contributed by atoms with Crippen LogP contribution in [-0.2, 0) is 0 Å². The molecule has 2 unspecified atom stereocenters. The molecule has 2 nitrogen and oxygen atoms in total. The van der Waals surface area contributed by atoms with Gasteiger partial charge in [0.2, 0.25) is 0 Å². The van der Waals surface area contributed by atoms with E-state index in [2.05, 4.69) is 0 Å². The van der Waals surface area contributed by atoms with Crippen LogP contribution in [-0.4, -0.2) is 17.8 Å². The van der Waals surface area contributed by atoms with Crippen molar-refractivity contribution in [3.05, 3.63) is 34.9 Å². The maximum atomic E-state index is 10.2. The highest BCUT2D eigenvalue weighted by molar-refractivity contribution is 6.30. The number of aliphatic hydroxyl groups excluding tert-OH is 1. The molecule has 0 saturated heterocycles. The van der Waals surface area contributed by atoms with Crippen molar-refractivity contribution in [1.82, 2.24) is 0 Å². The van der Waals surface area contributed by atoms with Crippen LogP contribution in [0.1, 0.15) is 30.7 Å². The Hall–Kier alpha value is -0.570. The van der Waals surface area contributed by atoms with E-state index in [4.69, 9.17) is 17.3 Å². The number of rotatable bonds is 4. The van der Waals surface area contributed by atoms with E-state index in [1.807, 2.05) is 24.3 Å². The molecule has 1 aromatic carbocycles. The molecule has 0 spiro atoms. The van der Waals surface area contributed by atoms with Gasteiger partial charge in [-0.2, -0.15) is 0 Å². The van der Waals surface area contributed by atoms with Gasteiger partial charge in [0.1, 0.15) is 0 Å². The van der Waals surface area contributed by atoms with Crippen LogP contribution in [0, 0.1) is 5.92 Å². The smallest absolute Gasteiger partial charge is 0.0648 e. The number of nitrogens with two attached hydrogens (primary N) is 1. The zero-order chi connectivity index (χ0) is 11.5. The molecular formula is C13H18ClNO. The van der Waals surface area contributed by atoms with Crippen LogP contribution < -0.4 is 5.73 Å². The van der Waals surface area contributed by atoms with E-state index in [1.165, 1.54) is 6.42 Å². The fourth-order valence-corrected chi connectivity index (χ4v) is 2.42. The van der Waals surface area contributed by atoms with Crippen molar-refractivity contribution in [2.75, 3.05) is 6.54 Å². The van der Waals surface area contributed by atoms with E-state index < -0.39 is 0 Å². The molecule has 3 N–H and O–H groups in total. The molecule has 0 aliphatic heterocycles. The SMILES string of the molecule is NCC(c1ccc(Cl)cc1)C(O)C1CCC1. The monoisotopic (exact) mass is 239 g/mol. The second kappa shape index (κ2) is 5.17. The quantitative estimate of drug-likeness (QED) is 0.848. The second-order valence-electron chi connectivity index (χ2n) is 4.58. The van der Waals surface area contributed by atoms with Crippen molar-refractivity contribution < 1.29 is 5.11 Å². The Morgan fingerprint density at radius 1 is 1.31 bits per heavy atom. The standard InChI is InChI=1S/C13H18ClNO/c14-11-6-4-9(5-7-11)12(8-15)13(16)10-2-1-3-10/h4-7,10,12-13,16H,1-3,8,15H2. The lowest BCUT2D eigenvalue weighted by atomic mass is 9.75. The maximum Gasteiger partial charge on any atom is 0.0648 e. The summed E-state index contributed by atoms with van der Waals surface area (Å²) in [6.07, 6.45) is 3.19. The van der Waals surface area contributed by atoms with Crippen molar-refractivity contribution in [2.45, 2.75) is 31.3 Å². The fourth-order valence-electron chi connectivity index (χ4n) is 2.29. The third-order valence-corrected chi connectivity index (χ3v) is 3.85. The van der Waals surface area contributed by atoms with E-state index >= 15 is 0 Å². The molecule has 1 aromatic rings. The molecule has 16 heavy (non-hydrogen) atoms. The molecule has 1 fully saturated rings. The molecule has 1 aliphatic rings. The Morgan fingerprint density at radius 2 is 1.94 bits per heavy atom. The molecule has 2 atom stereocenters. The van der Waals surface area contributed by atoms with Gasteiger partial charge in [-0.1, -0.05) is 30.2 Å². The van der Waals surface area contributed by atoms with Crippen LogP contribution in [0.25, 0.3) is 0 Å². The summed E-state index contributed by atoms with van der Waals surface area (Å²) in [6.45, 7) is 0.485. The van der Waals surface area contributed by atoms with Gasteiger partial charge in [0.15, 0.2) is 0 Å². The van der Waals surface area contributed by atoms with Gasteiger partial charge >= 0.3 is 0 Å². The minimum absolute atomic E-state index is 0.0440.